The maximum Gasteiger partial charge on any atom is 0.0814 e. The summed E-state index contributed by atoms with van der Waals surface area (Å²) in [4.78, 5) is 0. The van der Waals surface area contributed by atoms with E-state index in [2.05, 4.69) is 0 Å². The van der Waals surface area contributed by atoms with Crippen LogP contribution in [0.25, 0.3) is 0 Å². The number of hydrogen-bond donors (Lipinski definition) is 1. The average Bonchev–Trinajstić information content (AvgIpc) is 1.91. The minimum atomic E-state index is 0. The monoisotopic (exact) mass is 136 g/mol. The van der Waals surface area contributed by atoms with Gasteiger partial charge in [0.25, 0.3) is 0 Å². The lowest BCUT2D eigenvalue weighted by molar-refractivity contribution is 0.299. The van der Waals surface area contributed by atoms with Crippen molar-refractivity contribution in [1.29, 1.82) is 0 Å². The van der Waals surface area contributed by atoms with Gasteiger partial charge in [-0.15, -0.1) is 0 Å². The zero-order valence-electron chi connectivity index (χ0n) is 5.25. The normalized spacial score (nSPS) is 8.50. The standard InChI is InChI=1S/C8H10O.BH3/c9-7-6-8-4-2-1-3-5-8;/h1-5,9H,6-7H2;1H3. The molecule has 1 aromatic rings. The zero-order valence-corrected chi connectivity index (χ0v) is 5.25. The highest BCUT2D eigenvalue weighted by atomic mass is 16.2. The Morgan fingerprint density at radius 3 is 2.20 bits per heavy atom. The number of rotatable bonds is 2. The predicted molar refractivity (Wildman–Crippen MR) is 47.2 cm³/mol. The summed E-state index contributed by atoms with van der Waals surface area (Å²) in [5.74, 6) is 0. The van der Waals surface area contributed by atoms with Gasteiger partial charge in [-0.05, 0) is 12.0 Å². The molecule has 0 fully saturated rings. The van der Waals surface area contributed by atoms with E-state index in [1.807, 2.05) is 30.3 Å². The lowest BCUT2D eigenvalue weighted by Crippen LogP contribution is -1.88. The van der Waals surface area contributed by atoms with Gasteiger partial charge in [0, 0.05) is 6.61 Å². The smallest absolute Gasteiger partial charge is 0.0814 e. The molecule has 0 atom stereocenters. The van der Waals surface area contributed by atoms with Crippen LogP contribution < -0.4 is 0 Å². The van der Waals surface area contributed by atoms with Crippen molar-refractivity contribution in [2.24, 2.45) is 0 Å². The summed E-state index contributed by atoms with van der Waals surface area (Å²) in [5.41, 5.74) is 1.19. The quantitative estimate of drug-likeness (QED) is 0.569. The Morgan fingerprint density at radius 2 is 1.70 bits per heavy atom. The van der Waals surface area contributed by atoms with Crippen LogP contribution in [-0.2, 0) is 6.42 Å². The van der Waals surface area contributed by atoms with Crippen LogP contribution in [0.5, 0.6) is 0 Å². The molecule has 0 bridgehead atoms. The Balaban J connectivity index is 0.000000810. The van der Waals surface area contributed by atoms with Crippen LogP contribution in [0, 0.1) is 0 Å². The van der Waals surface area contributed by atoms with Crippen LogP contribution in [0.2, 0.25) is 0 Å². The fourth-order valence-electron chi connectivity index (χ4n) is 0.774. The van der Waals surface area contributed by atoms with Gasteiger partial charge in [-0.1, -0.05) is 30.3 Å². The molecule has 0 radical (unpaired) electrons. The molecule has 1 nitrogen and oxygen atoms in total. The zero-order chi connectivity index (χ0) is 6.53. The number of aliphatic hydroxyl groups excluding tert-OH is 1. The Morgan fingerprint density at radius 1 is 1.10 bits per heavy atom. The Bertz CT molecular complexity index is 162. The van der Waals surface area contributed by atoms with Gasteiger partial charge >= 0.3 is 0 Å². The fourth-order valence-corrected chi connectivity index (χ4v) is 0.774. The van der Waals surface area contributed by atoms with E-state index in [0.717, 1.165) is 6.42 Å². The van der Waals surface area contributed by atoms with Gasteiger partial charge in [0.15, 0.2) is 0 Å². The van der Waals surface area contributed by atoms with Crippen molar-refractivity contribution in [3.8, 4) is 0 Å². The van der Waals surface area contributed by atoms with E-state index in [9.17, 15) is 0 Å². The molecule has 1 rings (SSSR count). The third-order valence-corrected chi connectivity index (χ3v) is 1.24. The van der Waals surface area contributed by atoms with Crippen LogP contribution in [0.4, 0.5) is 0 Å². The summed E-state index contributed by atoms with van der Waals surface area (Å²) < 4.78 is 0. The number of hydrogen-bond acceptors (Lipinski definition) is 1. The van der Waals surface area contributed by atoms with Crippen molar-refractivity contribution < 1.29 is 5.11 Å². The van der Waals surface area contributed by atoms with E-state index < -0.39 is 0 Å². The van der Waals surface area contributed by atoms with Crippen molar-refractivity contribution in [3.63, 3.8) is 0 Å². The molecule has 0 saturated carbocycles. The van der Waals surface area contributed by atoms with E-state index in [1.54, 1.807) is 0 Å². The van der Waals surface area contributed by atoms with Crippen molar-refractivity contribution >= 4 is 8.41 Å². The molecule has 0 aliphatic rings. The van der Waals surface area contributed by atoms with Crippen LogP contribution in [0.1, 0.15) is 5.56 Å². The number of aliphatic hydroxyl groups is 1. The van der Waals surface area contributed by atoms with Crippen LogP contribution >= 0.6 is 0 Å². The molecular formula is C8H13BO. The van der Waals surface area contributed by atoms with E-state index in [1.165, 1.54) is 5.56 Å². The van der Waals surface area contributed by atoms with E-state index in [4.69, 9.17) is 5.11 Å². The summed E-state index contributed by atoms with van der Waals surface area (Å²) in [6.07, 6.45) is 0.765. The molecule has 10 heavy (non-hydrogen) atoms. The minimum Gasteiger partial charge on any atom is -0.396 e. The van der Waals surface area contributed by atoms with Gasteiger partial charge < -0.3 is 5.11 Å². The maximum atomic E-state index is 8.52. The second-order valence-electron chi connectivity index (χ2n) is 1.96. The van der Waals surface area contributed by atoms with Crippen LogP contribution in [-0.4, -0.2) is 20.1 Å². The van der Waals surface area contributed by atoms with E-state index >= 15 is 0 Å². The molecule has 0 saturated heterocycles. The number of benzene rings is 1. The lowest BCUT2D eigenvalue weighted by Gasteiger charge is -1.93. The third kappa shape index (κ3) is 2.69. The highest BCUT2D eigenvalue weighted by molar-refractivity contribution is 5.75. The van der Waals surface area contributed by atoms with Crippen LogP contribution in [0.3, 0.4) is 0 Å². The first-order valence-corrected chi connectivity index (χ1v) is 3.08. The largest absolute Gasteiger partial charge is 0.396 e. The van der Waals surface area contributed by atoms with E-state index in [0.29, 0.717) is 0 Å². The Kier molecular flexibility index (Phi) is 4.68. The van der Waals surface area contributed by atoms with Crippen LogP contribution in [0.15, 0.2) is 30.3 Å². The maximum absolute atomic E-state index is 8.52. The SMILES string of the molecule is B.OCCc1ccccc1. The third-order valence-electron chi connectivity index (χ3n) is 1.24. The summed E-state index contributed by atoms with van der Waals surface area (Å²) in [6.45, 7) is 0.240. The lowest BCUT2D eigenvalue weighted by atomic mass is 10.2. The average molecular weight is 136 g/mol. The molecule has 0 aliphatic heterocycles. The first-order valence-electron chi connectivity index (χ1n) is 3.08. The van der Waals surface area contributed by atoms with E-state index in [-0.39, 0.29) is 15.0 Å². The topological polar surface area (TPSA) is 20.2 Å². The van der Waals surface area contributed by atoms with Gasteiger partial charge in [-0.2, -0.15) is 0 Å². The molecule has 0 spiro atoms. The molecule has 0 heterocycles. The van der Waals surface area contributed by atoms with Gasteiger partial charge in [0.05, 0.1) is 8.41 Å². The molecule has 54 valence electrons. The molecule has 1 aromatic carbocycles. The highest BCUT2D eigenvalue weighted by Gasteiger charge is 1.85. The van der Waals surface area contributed by atoms with Crippen molar-refractivity contribution in [3.05, 3.63) is 35.9 Å². The first kappa shape index (κ1) is 9.24. The molecular weight excluding hydrogens is 123 g/mol. The minimum absolute atomic E-state index is 0. The summed E-state index contributed by atoms with van der Waals surface area (Å²) in [7, 11) is 0. The molecule has 0 unspecified atom stereocenters. The van der Waals surface area contributed by atoms with Crippen molar-refractivity contribution in [2.75, 3.05) is 6.61 Å². The van der Waals surface area contributed by atoms with Crippen molar-refractivity contribution in [2.45, 2.75) is 6.42 Å². The predicted octanol–water partition coefficient (Wildman–Crippen LogP) is 0.0375. The second kappa shape index (κ2) is 5.06. The molecule has 0 aromatic heterocycles. The molecule has 1 N–H and O–H groups in total. The van der Waals surface area contributed by atoms with Gasteiger partial charge in [0.2, 0.25) is 0 Å². The summed E-state index contributed by atoms with van der Waals surface area (Å²) in [5, 5.41) is 8.52. The van der Waals surface area contributed by atoms with Gasteiger partial charge in [-0.3, -0.25) is 0 Å². The molecule has 0 aliphatic carbocycles. The summed E-state index contributed by atoms with van der Waals surface area (Å²) >= 11 is 0. The first-order chi connectivity index (χ1) is 4.43. The molecule has 0 amide bonds. The van der Waals surface area contributed by atoms with Gasteiger partial charge in [0.1, 0.15) is 0 Å². The second-order valence-corrected chi connectivity index (χ2v) is 1.96. The highest BCUT2D eigenvalue weighted by Crippen LogP contribution is 1.97. The summed E-state index contributed by atoms with van der Waals surface area (Å²) in [6, 6.07) is 9.95. The Hall–Kier alpha value is -0.755. The fraction of sp³-hybridized carbons (Fsp3) is 0.250. The Labute approximate surface area is 63.3 Å². The molecule has 2 heteroatoms. The van der Waals surface area contributed by atoms with Gasteiger partial charge in [-0.25, -0.2) is 0 Å². The van der Waals surface area contributed by atoms with Crippen molar-refractivity contribution in [1.82, 2.24) is 0 Å².